The summed E-state index contributed by atoms with van der Waals surface area (Å²) < 4.78 is 24.0. The third-order valence-corrected chi connectivity index (χ3v) is 3.93. The van der Waals surface area contributed by atoms with Gasteiger partial charge in [0.2, 0.25) is 0 Å². The summed E-state index contributed by atoms with van der Waals surface area (Å²) in [4.78, 5) is 10.5. The van der Waals surface area contributed by atoms with Gasteiger partial charge in [0.15, 0.2) is 0 Å². The summed E-state index contributed by atoms with van der Waals surface area (Å²) >= 11 is 0. The van der Waals surface area contributed by atoms with Gasteiger partial charge in [0.25, 0.3) is 5.69 Å². The third-order valence-electron chi connectivity index (χ3n) is 2.90. The van der Waals surface area contributed by atoms with Crippen LogP contribution in [0.25, 0.3) is 10.9 Å². The van der Waals surface area contributed by atoms with Gasteiger partial charge in [0.05, 0.1) is 21.6 Å². The lowest BCUT2D eigenvalue weighted by atomic mass is 10.2. The summed E-state index contributed by atoms with van der Waals surface area (Å²) in [6.07, 6.45) is 3.44. The van der Waals surface area contributed by atoms with E-state index in [2.05, 4.69) is 0 Å². The lowest BCUT2D eigenvalue weighted by molar-refractivity contribution is -0.383. The van der Waals surface area contributed by atoms with E-state index in [0.29, 0.717) is 18.4 Å². The SMILES string of the molecule is CS(=O)(=O)CCCn1ccc2c([N+](=O)[O-])cccc21. The number of fused-ring (bicyclic) bond motifs is 1. The number of aryl methyl sites for hydroxylation is 1. The maximum atomic E-state index is 11.1. The van der Waals surface area contributed by atoms with Crippen LogP contribution in [0, 0.1) is 10.1 Å². The molecule has 0 saturated carbocycles. The van der Waals surface area contributed by atoms with Crippen LogP contribution in [0.1, 0.15) is 6.42 Å². The summed E-state index contributed by atoms with van der Waals surface area (Å²) in [5, 5.41) is 11.5. The first-order valence-corrected chi connectivity index (χ1v) is 7.84. The largest absolute Gasteiger partial charge is 0.347 e. The van der Waals surface area contributed by atoms with Crippen LogP contribution in [0.3, 0.4) is 0 Å². The van der Waals surface area contributed by atoms with Gasteiger partial charge in [-0.25, -0.2) is 8.42 Å². The smallest absolute Gasteiger partial charge is 0.278 e. The van der Waals surface area contributed by atoms with E-state index in [0.717, 1.165) is 5.52 Å². The molecule has 1 heterocycles. The first-order valence-electron chi connectivity index (χ1n) is 5.78. The molecule has 0 N–H and O–H groups in total. The van der Waals surface area contributed by atoms with Gasteiger partial charge in [-0.1, -0.05) is 6.07 Å². The van der Waals surface area contributed by atoms with E-state index in [1.54, 1.807) is 24.4 Å². The van der Waals surface area contributed by atoms with Crippen LogP contribution in [0.2, 0.25) is 0 Å². The number of nitrogens with zero attached hydrogens (tertiary/aromatic N) is 2. The Labute approximate surface area is 110 Å². The van der Waals surface area contributed by atoms with Crippen LogP contribution >= 0.6 is 0 Å². The van der Waals surface area contributed by atoms with Crippen molar-refractivity contribution in [1.29, 1.82) is 0 Å². The van der Waals surface area contributed by atoms with E-state index in [4.69, 9.17) is 0 Å². The molecule has 0 spiro atoms. The van der Waals surface area contributed by atoms with Crippen molar-refractivity contribution in [1.82, 2.24) is 4.57 Å². The molecule has 2 rings (SSSR count). The Hall–Kier alpha value is -1.89. The highest BCUT2D eigenvalue weighted by molar-refractivity contribution is 7.90. The molecule has 1 aromatic heterocycles. The highest BCUT2D eigenvalue weighted by Crippen LogP contribution is 2.26. The monoisotopic (exact) mass is 282 g/mol. The van der Waals surface area contributed by atoms with Crippen LogP contribution in [0.15, 0.2) is 30.5 Å². The molecule has 0 unspecified atom stereocenters. The lowest BCUT2D eigenvalue weighted by Gasteiger charge is -2.04. The Kier molecular flexibility index (Phi) is 3.57. The Morgan fingerprint density at radius 2 is 2.05 bits per heavy atom. The number of hydrogen-bond acceptors (Lipinski definition) is 4. The molecular formula is C12H14N2O4S. The molecule has 0 fully saturated rings. The molecule has 0 aliphatic rings. The Morgan fingerprint density at radius 1 is 1.32 bits per heavy atom. The number of aromatic nitrogens is 1. The second-order valence-electron chi connectivity index (χ2n) is 4.46. The zero-order valence-corrected chi connectivity index (χ0v) is 11.3. The van der Waals surface area contributed by atoms with Gasteiger partial charge in [0, 0.05) is 25.1 Å². The summed E-state index contributed by atoms with van der Waals surface area (Å²) in [6.45, 7) is 0.526. The van der Waals surface area contributed by atoms with Crippen LogP contribution in [-0.4, -0.2) is 29.9 Å². The zero-order chi connectivity index (χ0) is 14.0. The fraction of sp³-hybridized carbons (Fsp3) is 0.333. The number of nitro groups is 1. The van der Waals surface area contributed by atoms with Crippen molar-refractivity contribution in [2.45, 2.75) is 13.0 Å². The molecule has 0 amide bonds. The minimum absolute atomic E-state index is 0.0689. The Bertz CT molecular complexity index is 718. The van der Waals surface area contributed by atoms with E-state index in [-0.39, 0.29) is 11.4 Å². The molecule has 0 aliphatic carbocycles. The number of non-ortho nitro benzene ring substituents is 1. The summed E-state index contributed by atoms with van der Waals surface area (Å²) in [7, 11) is -2.97. The van der Waals surface area contributed by atoms with E-state index >= 15 is 0 Å². The molecule has 0 aliphatic heterocycles. The van der Waals surface area contributed by atoms with Crippen LogP contribution < -0.4 is 0 Å². The van der Waals surface area contributed by atoms with Crippen LogP contribution in [0.4, 0.5) is 5.69 Å². The van der Waals surface area contributed by atoms with E-state index in [1.807, 2.05) is 4.57 Å². The standard InChI is InChI=1S/C12H14N2O4S/c1-19(17,18)9-3-7-13-8-6-10-11(13)4-2-5-12(10)14(15)16/h2,4-6,8H,3,7,9H2,1H3. The highest BCUT2D eigenvalue weighted by atomic mass is 32.2. The molecule has 0 bridgehead atoms. The Morgan fingerprint density at radius 3 is 2.68 bits per heavy atom. The van der Waals surface area contributed by atoms with Gasteiger partial charge >= 0.3 is 0 Å². The third kappa shape index (κ3) is 3.11. The van der Waals surface area contributed by atoms with Gasteiger partial charge in [-0.05, 0) is 18.6 Å². The van der Waals surface area contributed by atoms with Gasteiger partial charge in [-0.15, -0.1) is 0 Å². The van der Waals surface area contributed by atoms with Gasteiger partial charge in [-0.2, -0.15) is 0 Å². The van der Waals surface area contributed by atoms with Crippen molar-refractivity contribution in [3.63, 3.8) is 0 Å². The molecule has 19 heavy (non-hydrogen) atoms. The average Bonchev–Trinajstić information content (AvgIpc) is 2.70. The minimum atomic E-state index is -2.97. The summed E-state index contributed by atoms with van der Waals surface area (Å²) in [6, 6.07) is 6.58. The normalized spacial score (nSPS) is 11.8. The predicted octanol–water partition coefficient (Wildman–Crippen LogP) is 1.98. The number of hydrogen-bond donors (Lipinski definition) is 0. The van der Waals surface area contributed by atoms with Crippen molar-refractivity contribution in [3.8, 4) is 0 Å². The number of rotatable bonds is 5. The number of benzene rings is 1. The fourth-order valence-corrected chi connectivity index (χ4v) is 2.71. The zero-order valence-electron chi connectivity index (χ0n) is 10.4. The van der Waals surface area contributed by atoms with E-state index in [9.17, 15) is 18.5 Å². The molecule has 7 heteroatoms. The first-order chi connectivity index (χ1) is 8.88. The molecular weight excluding hydrogens is 268 g/mol. The summed E-state index contributed by atoms with van der Waals surface area (Å²) in [5.41, 5.74) is 0.821. The van der Waals surface area contributed by atoms with Gasteiger partial charge in [-0.3, -0.25) is 10.1 Å². The Balaban J connectivity index is 2.26. The van der Waals surface area contributed by atoms with Crippen molar-refractivity contribution in [2.24, 2.45) is 0 Å². The second kappa shape index (κ2) is 5.00. The lowest BCUT2D eigenvalue weighted by Crippen LogP contribution is -2.06. The average molecular weight is 282 g/mol. The maximum absolute atomic E-state index is 11.1. The van der Waals surface area contributed by atoms with E-state index < -0.39 is 14.8 Å². The molecule has 102 valence electrons. The molecule has 0 saturated heterocycles. The number of nitro benzene ring substituents is 1. The first kappa shape index (κ1) is 13.5. The van der Waals surface area contributed by atoms with Crippen molar-refractivity contribution >= 4 is 26.4 Å². The van der Waals surface area contributed by atoms with Crippen LogP contribution in [-0.2, 0) is 16.4 Å². The minimum Gasteiger partial charge on any atom is -0.347 e. The fourth-order valence-electron chi connectivity index (χ4n) is 2.06. The molecule has 1 aromatic carbocycles. The second-order valence-corrected chi connectivity index (χ2v) is 6.72. The van der Waals surface area contributed by atoms with Crippen LogP contribution in [0.5, 0.6) is 0 Å². The highest BCUT2D eigenvalue weighted by Gasteiger charge is 2.13. The number of sulfone groups is 1. The van der Waals surface area contributed by atoms with Gasteiger partial charge < -0.3 is 4.57 Å². The molecule has 6 nitrogen and oxygen atoms in total. The summed E-state index contributed by atoms with van der Waals surface area (Å²) in [5.74, 6) is 0.113. The molecule has 0 atom stereocenters. The van der Waals surface area contributed by atoms with Crippen molar-refractivity contribution in [2.75, 3.05) is 12.0 Å². The van der Waals surface area contributed by atoms with Gasteiger partial charge in [0.1, 0.15) is 9.84 Å². The molecule has 2 aromatic rings. The molecule has 0 radical (unpaired) electrons. The van der Waals surface area contributed by atoms with Crippen molar-refractivity contribution in [3.05, 3.63) is 40.6 Å². The maximum Gasteiger partial charge on any atom is 0.278 e. The quantitative estimate of drug-likeness (QED) is 0.620. The topological polar surface area (TPSA) is 82.2 Å². The van der Waals surface area contributed by atoms with E-state index in [1.165, 1.54) is 12.3 Å². The predicted molar refractivity (Wildman–Crippen MR) is 72.9 cm³/mol. The van der Waals surface area contributed by atoms with Crippen molar-refractivity contribution < 1.29 is 13.3 Å².